The van der Waals surface area contributed by atoms with E-state index >= 15 is 0 Å². The number of fused-ring (bicyclic) bond motifs is 1. The van der Waals surface area contributed by atoms with Crippen LogP contribution in [0.2, 0.25) is 0 Å². The number of hydrogen-bond donors (Lipinski definition) is 2. The van der Waals surface area contributed by atoms with E-state index in [1.807, 2.05) is 12.1 Å². The number of benzene rings is 1. The van der Waals surface area contributed by atoms with Crippen molar-refractivity contribution < 1.29 is 9.15 Å². The molecule has 0 saturated carbocycles. The summed E-state index contributed by atoms with van der Waals surface area (Å²) in [6.07, 6.45) is 2.57. The molecule has 0 fully saturated rings. The summed E-state index contributed by atoms with van der Waals surface area (Å²) in [5.74, 6) is 8.56. The van der Waals surface area contributed by atoms with Gasteiger partial charge in [0.1, 0.15) is 17.3 Å². The summed E-state index contributed by atoms with van der Waals surface area (Å²) in [4.78, 5) is 0. The minimum absolute atomic E-state index is 0.0621. The second-order valence-corrected chi connectivity index (χ2v) is 6.15. The lowest BCUT2D eigenvalue weighted by molar-refractivity contribution is 0.348. The van der Waals surface area contributed by atoms with Crippen molar-refractivity contribution in [2.75, 3.05) is 6.61 Å². The molecule has 1 aliphatic heterocycles. The van der Waals surface area contributed by atoms with Crippen LogP contribution < -0.4 is 16.0 Å². The highest BCUT2D eigenvalue weighted by molar-refractivity contribution is 9.10. The summed E-state index contributed by atoms with van der Waals surface area (Å²) >= 11 is 3.57. The molecule has 1 aromatic carbocycles. The van der Waals surface area contributed by atoms with Crippen LogP contribution in [0, 0.1) is 0 Å². The van der Waals surface area contributed by atoms with E-state index in [1.165, 1.54) is 5.56 Å². The van der Waals surface area contributed by atoms with Gasteiger partial charge in [0.05, 0.1) is 12.6 Å². The van der Waals surface area contributed by atoms with Crippen LogP contribution in [0.4, 0.5) is 0 Å². The number of furan rings is 1. The summed E-state index contributed by atoms with van der Waals surface area (Å²) in [6, 6.07) is 8.15. The summed E-state index contributed by atoms with van der Waals surface area (Å²) in [5, 5.41) is 0. The maximum atomic E-state index is 5.81. The van der Waals surface area contributed by atoms with Crippen LogP contribution in [0.1, 0.15) is 35.6 Å². The molecule has 1 unspecified atom stereocenters. The molecular formula is C16H19BrN2O2. The second kappa shape index (κ2) is 6.22. The lowest BCUT2D eigenvalue weighted by Crippen LogP contribution is -2.29. The lowest BCUT2D eigenvalue weighted by atomic mass is 10.0. The Morgan fingerprint density at radius 1 is 1.38 bits per heavy atom. The zero-order valence-electron chi connectivity index (χ0n) is 12.0. The van der Waals surface area contributed by atoms with Crippen molar-refractivity contribution in [2.45, 2.75) is 32.2 Å². The lowest BCUT2D eigenvalue weighted by Gasteiger charge is -2.16. The van der Waals surface area contributed by atoms with Crippen molar-refractivity contribution in [1.82, 2.24) is 5.43 Å². The van der Waals surface area contributed by atoms with Crippen LogP contribution >= 0.6 is 15.9 Å². The zero-order chi connectivity index (χ0) is 14.8. The molecule has 1 aliphatic rings. The summed E-state index contributed by atoms with van der Waals surface area (Å²) < 4.78 is 12.7. The molecule has 1 aromatic heterocycles. The first-order chi connectivity index (χ1) is 10.2. The monoisotopic (exact) mass is 350 g/mol. The Balaban J connectivity index is 1.87. The first-order valence-electron chi connectivity index (χ1n) is 7.20. The van der Waals surface area contributed by atoms with Crippen molar-refractivity contribution in [3.63, 3.8) is 0 Å². The first-order valence-corrected chi connectivity index (χ1v) is 7.99. The first kappa shape index (κ1) is 14.6. The SMILES string of the molecule is CCc1ccc(C(Cc2cc(Br)cc3c2OCC3)NN)o1. The van der Waals surface area contributed by atoms with Crippen molar-refractivity contribution >= 4 is 15.9 Å². The average molecular weight is 351 g/mol. The molecule has 112 valence electrons. The molecule has 2 aromatic rings. The molecule has 0 amide bonds. The summed E-state index contributed by atoms with van der Waals surface area (Å²) in [5.41, 5.74) is 5.25. The minimum atomic E-state index is -0.0621. The van der Waals surface area contributed by atoms with Crippen molar-refractivity contribution in [3.8, 4) is 5.75 Å². The van der Waals surface area contributed by atoms with Gasteiger partial charge in [-0.3, -0.25) is 5.84 Å². The third kappa shape index (κ3) is 3.00. The predicted octanol–water partition coefficient (Wildman–Crippen LogP) is 3.29. The molecule has 5 heteroatoms. The second-order valence-electron chi connectivity index (χ2n) is 5.23. The van der Waals surface area contributed by atoms with Gasteiger partial charge in [0.25, 0.3) is 0 Å². The van der Waals surface area contributed by atoms with E-state index in [2.05, 4.69) is 40.4 Å². The molecule has 0 saturated heterocycles. The van der Waals surface area contributed by atoms with Crippen LogP contribution in [0.3, 0.4) is 0 Å². The molecule has 0 aliphatic carbocycles. The van der Waals surface area contributed by atoms with Gasteiger partial charge in [-0.05, 0) is 41.8 Å². The van der Waals surface area contributed by atoms with Gasteiger partial charge in [-0.1, -0.05) is 22.9 Å². The maximum absolute atomic E-state index is 5.81. The van der Waals surface area contributed by atoms with Crippen LogP contribution in [0.15, 0.2) is 33.2 Å². The Hall–Kier alpha value is -1.30. The quantitative estimate of drug-likeness (QED) is 0.641. The Bertz CT molecular complexity index is 639. The van der Waals surface area contributed by atoms with Crippen LogP contribution in [-0.2, 0) is 19.3 Å². The van der Waals surface area contributed by atoms with Gasteiger partial charge < -0.3 is 9.15 Å². The van der Waals surface area contributed by atoms with E-state index in [0.717, 1.165) is 53.2 Å². The highest BCUT2D eigenvalue weighted by Gasteiger charge is 2.22. The number of hydrogen-bond acceptors (Lipinski definition) is 4. The van der Waals surface area contributed by atoms with E-state index in [0.29, 0.717) is 0 Å². The van der Waals surface area contributed by atoms with Crippen LogP contribution in [0.25, 0.3) is 0 Å². The summed E-state index contributed by atoms with van der Waals surface area (Å²) in [7, 11) is 0. The fraction of sp³-hybridized carbons (Fsp3) is 0.375. The molecule has 0 spiro atoms. The Morgan fingerprint density at radius 3 is 2.95 bits per heavy atom. The van der Waals surface area contributed by atoms with Gasteiger partial charge in [0.2, 0.25) is 0 Å². The standard InChI is InChI=1S/C16H19BrN2O2/c1-2-13-3-4-15(21-13)14(19-18)9-11-8-12(17)7-10-5-6-20-16(10)11/h3-4,7-8,14,19H,2,5-6,9,18H2,1H3. The number of aryl methyl sites for hydroxylation is 1. The molecule has 21 heavy (non-hydrogen) atoms. The van der Waals surface area contributed by atoms with Gasteiger partial charge in [-0.2, -0.15) is 0 Å². The third-order valence-electron chi connectivity index (χ3n) is 3.82. The van der Waals surface area contributed by atoms with E-state index in [1.54, 1.807) is 0 Å². The highest BCUT2D eigenvalue weighted by atomic mass is 79.9. The number of hydrazine groups is 1. The molecule has 2 heterocycles. The molecule has 3 rings (SSSR count). The van der Waals surface area contributed by atoms with Crippen LogP contribution in [0.5, 0.6) is 5.75 Å². The summed E-state index contributed by atoms with van der Waals surface area (Å²) in [6.45, 7) is 2.82. The van der Waals surface area contributed by atoms with Crippen molar-refractivity contribution in [1.29, 1.82) is 0 Å². The third-order valence-corrected chi connectivity index (χ3v) is 4.28. The van der Waals surface area contributed by atoms with Crippen LogP contribution in [-0.4, -0.2) is 6.61 Å². The molecule has 0 bridgehead atoms. The van der Waals surface area contributed by atoms with Gasteiger partial charge in [0, 0.05) is 17.3 Å². The van der Waals surface area contributed by atoms with Gasteiger partial charge >= 0.3 is 0 Å². The van der Waals surface area contributed by atoms with Gasteiger partial charge in [-0.25, -0.2) is 5.43 Å². The van der Waals surface area contributed by atoms with Crippen molar-refractivity contribution in [3.05, 3.63) is 51.4 Å². The topological polar surface area (TPSA) is 60.4 Å². The Labute approximate surface area is 132 Å². The van der Waals surface area contributed by atoms with E-state index < -0.39 is 0 Å². The molecule has 0 radical (unpaired) electrons. The molecule has 1 atom stereocenters. The molecule has 3 N–H and O–H groups in total. The number of nitrogens with one attached hydrogen (secondary N) is 1. The average Bonchev–Trinajstić information content (AvgIpc) is 3.12. The van der Waals surface area contributed by atoms with E-state index in [9.17, 15) is 0 Å². The minimum Gasteiger partial charge on any atom is -0.493 e. The largest absolute Gasteiger partial charge is 0.493 e. The predicted molar refractivity (Wildman–Crippen MR) is 85.2 cm³/mol. The maximum Gasteiger partial charge on any atom is 0.125 e. The Kier molecular flexibility index (Phi) is 4.33. The van der Waals surface area contributed by atoms with Gasteiger partial charge in [-0.15, -0.1) is 0 Å². The Morgan fingerprint density at radius 2 is 2.24 bits per heavy atom. The fourth-order valence-corrected chi connectivity index (χ4v) is 3.28. The fourth-order valence-electron chi connectivity index (χ4n) is 2.73. The number of halogens is 1. The zero-order valence-corrected chi connectivity index (χ0v) is 13.6. The van der Waals surface area contributed by atoms with Gasteiger partial charge in [0.15, 0.2) is 0 Å². The normalized spacial score (nSPS) is 14.8. The van der Waals surface area contributed by atoms with E-state index in [4.69, 9.17) is 15.0 Å². The molecule has 4 nitrogen and oxygen atoms in total. The van der Waals surface area contributed by atoms with Crippen molar-refractivity contribution in [2.24, 2.45) is 5.84 Å². The molecular weight excluding hydrogens is 332 g/mol. The smallest absolute Gasteiger partial charge is 0.125 e. The van der Waals surface area contributed by atoms with E-state index in [-0.39, 0.29) is 6.04 Å². The number of rotatable bonds is 5. The highest BCUT2D eigenvalue weighted by Crippen LogP contribution is 2.35. The number of nitrogens with two attached hydrogens (primary N) is 1. The number of ether oxygens (including phenoxy) is 1.